The molecule has 1 unspecified atom stereocenters. The average molecular weight is 876 g/mol. The topological polar surface area (TPSA) is 74.3 Å². The number of ether oxygens (including phenoxy) is 4. The van der Waals surface area contributed by atoms with Gasteiger partial charge in [-0.1, -0.05) is 124 Å². The van der Waals surface area contributed by atoms with Gasteiger partial charge in [0.05, 0.1) is 24.3 Å². The highest BCUT2D eigenvalue weighted by molar-refractivity contribution is 6.13. The Morgan fingerprint density at radius 3 is 2.18 bits per heavy atom. The number of esters is 2. The van der Waals surface area contributed by atoms with Crippen LogP contribution in [-0.4, -0.2) is 38.2 Å². The molecule has 0 bridgehead atoms. The third-order valence-electron chi connectivity index (χ3n) is 15.0. The summed E-state index contributed by atoms with van der Waals surface area (Å²) in [4.78, 5) is 29.9. The molecule has 3 aliphatic heterocycles. The molecule has 2 aliphatic carbocycles. The van der Waals surface area contributed by atoms with Crippen LogP contribution in [0.25, 0.3) is 28.0 Å². The van der Waals surface area contributed by atoms with Crippen LogP contribution in [0.5, 0.6) is 11.5 Å². The molecule has 7 heteroatoms. The van der Waals surface area contributed by atoms with Crippen molar-refractivity contribution in [2.24, 2.45) is 5.92 Å². The van der Waals surface area contributed by atoms with Crippen LogP contribution >= 0.6 is 0 Å². The van der Waals surface area contributed by atoms with Gasteiger partial charge in [0, 0.05) is 64.6 Å². The van der Waals surface area contributed by atoms with E-state index in [-0.39, 0.29) is 5.97 Å². The molecule has 7 nitrogen and oxygen atoms in total. The molecule has 11 rings (SSSR count). The lowest BCUT2D eigenvalue weighted by Gasteiger charge is -2.38. The first kappa shape index (κ1) is 42.2. The van der Waals surface area contributed by atoms with E-state index in [4.69, 9.17) is 18.9 Å². The van der Waals surface area contributed by atoms with E-state index in [1.165, 1.54) is 56.9 Å². The molecule has 0 amide bonds. The Hall–Kier alpha value is -6.44. The molecule has 0 N–H and O–H groups in total. The first-order chi connectivity index (χ1) is 32.4. The number of carbonyl (C=O) groups is 2. The molecule has 6 aromatic rings. The number of anilines is 1. The summed E-state index contributed by atoms with van der Waals surface area (Å²) >= 11 is 0. The third-order valence-corrected chi connectivity index (χ3v) is 15.0. The second-order valence-corrected chi connectivity index (χ2v) is 18.9. The van der Waals surface area contributed by atoms with Gasteiger partial charge in [0.15, 0.2) is 5.60 Å². The van der Waals surface area contributed by atoms with Gasteiger partial charge in [0.1, 0.15) is 17.1 Å². The van der Waals surface area contributed by atoms with Gasteiger partial charge in [-0.15, -0.1) is 0 Å². The van der Waals surface area contributed by atoms with Gasteiger partial charge < -0.3 is 23.8 Å². The molecular weight excluding hydrogens is 819 g/mol. The van der Waals surface area contributed by atoms with Crippen molar-refractivity contribution in [1.29, 1.82) is 0 Å². The smallest absolute Gasteiger partial charge is 0.343 e. The van der Waals surface area contributed by atoms with Crippen LogP contribution in [-0.2, 0) is 20.7 Å². The second-order valence-electron chi connectivity index (χ2n) is 18.9. The van der Waals surface area contributed by atoms with Gasteiger partial charge in [0.25, 0.3) is 0 Å². The summed E-state index contributed by atoms with van der Waals surface area (Å²) in [6.07, 6.45) is 20.2. The number of morpholine rings is 1. The maximum absolute atomic E-state index is 14.1. The Labute approximate surface area is 388 Å². The largest absolute Gasteiger partial charge is 0.472 e. The Kier molecular flexibility index (Phi) is 11.4. The van der Waals surface area contributed by atoms with Crippen LogP contribution in [0.1, 0.15) is 126 Å². The van der Waals surface area contributed by atoms with Crippen molar-refractivity contribution >= 4 is 34.5 Å². The summed E-state index contributed by atoms with van der Waals surface area (Å²) in [6, 6.07) is 40.9. The molecule has 0 aromatic heterocycles. The van der Waals surface area contributed by atoms with E-state index >= 15 is 0 Å². The number of carbonyl (C=O) groups excluding carboxylic acids is 2. The van der Waals surface area contributed by atoms with Crippen molar-refractivity contribution < 1.29 is 28.5 Å². The first-order valence-corrected chi connectivity index (χ1v) is 24.2. The molecule has 334 valence electrons. The molecule has 6 aromatic carbocycles. The molecule has 1 saturated heterocycles. The van der Waals surface area contributed by atoms with Crippen LogP contribution in [0.4, 0.5) is 5.69 Å². The highest BCUT2D eigenvalue weighted by Gasteiger charge is 2.51. The predicted octanol–water partition coefficient (Wildman–Crippen LogP) is 13.5. The van der Waals surface area contributed by atoms with Crippen LogP contribution in [0.2, 0.25) is 0 Å². The molecule has 1 spiro atoms. The summed E-state index contributed by atoms with van der Waals surface area (Å²) < 4.78 is 25.4. The normalized spacial score (nSPS) is 21.7. The van der Waals surface area contributed by atoms with Gasteiger partial charge in [0.2, 0.25) is 0 Å². The summed E-state index contributed by atoms with van der Waals surface area (Å²) in [5.74, 6) is 2.01. The van der Waals surface area contributed by atoms with Gasteiger partial charge in [-0.3, -0.25) is 0 Å². The van der Waals surface area contributed by atoms with Crippen molar-refractivity contribution in [3.8, 4) is 22.6 Å². The molecular formula is C59H57NO6. The van der Waals surface area contributed by atoms with Gasteiger partial charge >= 0.3 is 11.9 Å². The highest BCUT2D eigenvalue weighted by atomic mass is 16.6. The van der Waals surface area contributed by atoms with Crippen LogP contribution in [0.15, 0.2) is 140 Å². The lowest BCUT2D eigenvalue weighted by atomic mass is 9.77. The Bertz CT molecular complexity index is 2810. The molecule has 1 saturated carbocycles. The minimum absolute atomic E-state index is 0.318. The van der Waals surface area contributed by atoms with Gasteiger partial charge in [-0.05, 0) is 109 Å². The maximum Gasteiger partial charge on any atom is 0.343 e. The van der Waals surface area contributed by atoms with Gasteiger partial charge in [-0.25, -0.2) is 9.59 Å². The first-order valence-electron chi connectivity index (χ1n) is 24.2. The molecule has 3 heterocycles. The van der Waals surface area contributed by atoms with E-state index in [0.29, 0.717) is 35.6 Å². The molecule has 0 radical (unpaired) electrons. The van der Waals surface area contributed by atoms with E-state index < -0.39 is 17.2 Å². The van der Waals surface area contributed by atoms with Crippen molar-refractivity contribution in [2.75, 3.05) is 31.2 Å². The Balaban J connectivity index is 0.888. The van der Waals surface area contributed by atoms with E-state index in [2.05, 4.69) is 103 Å². The Morgan fingerprint density at radius 2 is 1.45 bits per heavy atom. The van der Waals surface area contributed by atoms with E-state index in [9.17, 15) is 9.59 Å². The van der Waals surface area contributed by atoms with Crippen molar-refractivity contribution in [2.45, 2.75) is 88.3 Å². The van der Waals surface area contributed by atoms with Crippen LogP contribution < -0.4 is 14.4 Å². The highest BCUT2D eigenvalue weighted by Crippen LogP contribution is 2.56. The fourth-order valence-corrected chi connectivity index (χ4v) is 11.3. The quantitative estimate of drug-likeness (QED) is 0.0555. The minimum atomic E-state index is -0.943. The van der Waals surface area contributed by atoms with Crippen molar-refractivity contribution in [3.63, 3.8) is 0 Å². The maximum atomic E-state index is 14.1. The number of fused-ring (bicyclic) bond motifs is 7. The monoisotopic (exact) mass is 875 g/mol. The zero-order chi connectivity index (χ0) is 44.7. The molecule has 5 aliphatic rings. The van der Waals surface area contributed by atoms with Gasteiger partial charge in [-0.2, -0.15) is 0 Å². The van der Waals surface area contributed by atoms with E-state index in [1.54, 1.807) is 0 Å². The third kappa shape index (κ3) is 7.71. The number of hydrogen-bond acceptors (Lipinski definition) is 7. The summed E-state index contributed by atoms with van der Waals surface area (Å²) in [6.45, 7) is 5.42. The molecule has 66 heavy (non-hydrogen) atoms. The molecule has 2 fully saturated rings. The number of benzene rings is 6. The SMILES string of the molecule is CCCCCC1CCC(c2ccc(OC(=O)c3ccc(-c4ccc5c6c(c7c(c5c4)C(=O)OC74CC=CC4)C=CC(c4ccccc4)(c4ccc(N5CCOCC5)cc4)O6)cc3)cc2)CC1. The number of unbranched alkanes of at least 4 members (excludes halogenated alkanes) is 2. The standard InChI is InChI=1S/C59H57NO6/c1-2-3-5-10-40-13-15-41(16-14-40)42-21-28-49(29-22-42)64-56(61)44-19-17-43(18-20-44)45-23-30-50-52(39-45)53-54(58(66-57(53)62)32-8-9-33-58)51-31-34-59(65-55(50)51,46-11-6-4-7-12-46)47-24-26-48(27-25-47)60-35-37-63-38-36-60/h4,6-9,11-12,17-31,34,39-41H,2-3,5,10,13-16,32-33,35-38H2,1H3. The van der Waals surface area contributed by atoms with Crippen LogP contribution in [0, 0.1) is 5.92 Å². The van der Waals surface area contributed by atoms with E-state index in [1.807, 2.05) is 54.6 Å². The lowest BCUT2D eigenvalue weighted by Crippen LogP contribution is -2.37. The number of nitrogens with zero attached hydrogens (tertiary/aromatic N) is 1. The fraction of sp³-hybridized carbons (Fsp3) is 0.322. The van der Waals surface area contributed by atoms with E-state index in [0.717, 1.165) is 87.8 Å². The number of hydrogen-bond donors (Lipinski definition) is 0. The number of rotatable bonds is 11. The second kappa shape index (κ2) is 17.7. The van der Waals surface area contributed by atoms with Crippen molar-refractivity contribution in [3.05, 3.63) is 178 Å². The summed E-state index contributed by atoms with van der Waals surface area (Å²) in [7, 11) is 0. The fourth-order valence-electron chi connectivity index (χ4n) is 11.3. The average Bonchev–Trinajstić information content (AvgIpc) is 3.97. The summed E-state index contributed by atoms with van der Waals surface area (Å²) in [5.41, 5.74) is 7.40. The zero-order valence-corrected chi connectivity index (χ0v) is 37.8. The van der Waals surface area contributed by atoms with Crippen LogP contribution in [0.3, 0.4) is 0 Å². The minimum Gasteiger partial charge on any atom is -0.472 e. The van der Waals surface area contributed by atoms with Crippen molar-refractivity contribution in [1.82, 2.24) is 0 Å². The molecule has 1 atom stereocenters. The summed E-state index contributed by atoms with van der Waals surface area (Å²) in [5, 5.41) is 1.62. The zero-order valence-electron chi connectivity index (χ0n) is 37.8. The predicted molar refractivity (Wildman–Crippen MR) is 261 cm³/mol. The Morgan fingerprint density at radius 1 is 0.742 bits per heavy atom. The lowest BCUT2D eigenvalue weighted by molar-refractivity contribution is -0.00210.